The minimum Gasteiger partial charge on any atom is -0.481 e. The lowest BCUT2D eigenvalue weighted by Gasteiger charge is -2.39. The van der Waals surface area contributed by atoms with Crippen molar-refractivity contribution >= 4 is 11.9 Å². The summed E-state index contributed by atoms with van der Waals surface area (Å²) in [7, 11) is 0. The van der Waals surface area contributed by atoms with Gasteiger partial charge in [-0.15, -0.1) is 0 Å². The Balaban J connectivity index is 1.91. The van der Waals surface area contributed by atoms with Crippen molar-refractivity contribution in [3.63, 3.8) is 0 Å². The van der Waals surface area contributed by atoms with E-state index in [1.54, 1.807) is 24.0 Å². The highest BCUT2D eigenvalue weighted by molar-refractivity contribution is 5.89. The van der Waals surface area contributed by atoms with Gasteiger partial charge in [-0.3, -0.25) is 9.59 Å². The SMILES string of the molecule is C[C@@]1(C(=O)O)CCN(C(=O)C2(c3ccc(F)cc3)CCOCC2)C1. The summed E-state index contributed by atoms with van der Waals surface area (Å²) in [5.41, 5.74) is -0.873. The topological polar surface area (TPSA) is 66.8 Å². The van der Waals surface area contributed by atoms with Crippen LogP contribution in [0.15, 0.2) is 24.3 Å². The Morgan fingerprint density at radius 1 is 1.17 bits per heavy atom. The van der Waals surface area contributed by atoms with Crippen LogP contribution in [0, 0.1) is 11.2 Å². The van der Waals surface area contributed by atoms with E-state index in [4.69, 9.17) is 4.74 Å². The lowest BCUT2D eigenvalue weighted by atomic mass is 9.73. The summed E-state index contributed by atoms with van der Waals surface area (Å²) in [6.07, 6.45) is 1.50. The molecule has 2 aliphatic heterocycles. The van der Waals surface area contributed by atoms with Gasteiger partial charge in [-0.1, -0.05) is 12.1 Å². The van der Waals surface area contributed by atoms with Crippen LogP contribution in [0.2, 0.25) is 0 Å². The second kappa shape index (κ2) is 6.16. The van der Waals surface area contributed by atoms with Gasteiger partial charge in [-0.05, 0) is 43.9 Å². The summed E-state index contributed by atoms with van der Waals surface area (Å²) in [6.45, 7) is 3.26. The molecule has 2 heterocycles. The number of aliphatic carboxylic acids is 1. The highest BCUT2D eigenvalue weighted by Gasteiger charge is 2.49. The van der Waals surface area contributed by atoms with Crippen molar-refractivity contribution in [2.75, 3.05) is 26.3 Å². The smallest absolute Gasteiger partial charge is 0.311 e. The lowest BCUT2D eigenvalue weighted by molar-refractivity contribution is -0.148. The number of carboxylic acids is 1. The Morgan fingerprint density at radius 3 is 2.33 bits per heavy atom. The van der Waals surface area contributed by atoms with Crippen molar-refractivity contribution < 1.29 is 23.8 Å². The molecular weight excluding hydrogens is 313 g/mol. The van der Waals surface area contributed by atoms with Gasteiger partial charge < -0.3 is 14.7 Å². The monoisotopic (exact) mass is 335 g/mol. The van der Waals surface area contributed by atoms with E-state index in [0.717, 1.165) is 5.56 Å². The second-order valence-electron chi connectivity index (χ2n) is 7.04. The van der Waals surface area contributed by atoms with Gasteiger partial charge in [-0.25, -0.2) is 4.39 Å². The summed E-state index contributed by atoms with van der Waals surface area (Å²) in [4.78, 5) is 26.4. The van der Waals surface area contributed by atoms with Crippen LogP contribution in [-0.2, 0) is 19.7 Å². The van der Waals surface area contributed by atoms with Crippen LogP contribution in [0.25, 0.3) is 0 Å². The molecule has 0 spiro atoms. The zero-order valence-electron chi connectivity index (χ0n) is 13.8. The number of hydrogen-bond acceptors (Lipinski definition) is 3. The Labute approximate surface area is 140 Å². The maximum absolute atomic E-state index is 13.3. The van der Waals surface area contributed by atoms with Crippen molar-refractivity contribution in [2.45, 2.75) is 31.6 Å². The first-order chi connectivity index (χ1) is 11.4. The summed E-state index contributed by atoms with van der Waals surface area (Å²) in [6, 6.07) is 6.05. The van der Waals surface area contributed by atoms with Gasteiger partial charge in [0.15, 0.2) is 0 Å². The molecule has 3 rings (SSSR count). The average molecular weight is 335 g/mol. The highest BCUT2D eigenvalue weighted by Crippen LogP contribution is 2.40. The molecule has 130 valence electrons. The van der Waals surface area contributed by atoms with Gasteiger partial charge in [0.05, 0.1) is 10.8 Å². The van der Waals surface area contributed by atoms with Gasteiger partial charge in [0, 0.05) is 26.3 Å². The largest absolute Gasteiger partial charge is 0.481 e. The molecule has 2 fully saturated rings. The fourth-order valence-electron chi connectivity index (χ4n) is 3.73. The second-order valence-corrected chi connectivity index (χ2v) is 7.04. The molecule has 0 unspecified atom stereocenters. The van der Waals surface area contributed by atoms with E-state index < -0.39 is 16.8 Å². The summed E-state index contributed by atoms with van der Waals surface area (Å²) >= 11 is 0. The van der Waals surface area contributed by atoms with E-state index in [-0.39, 0.29) is 18.3 Å². The molecule has 2 aliphatic rings. The van der Waals surface area contributed by atoms with Crippen LogP contribution in [0.1, 0.15) is 31.7 Å². The molecule has 0 aliphatic carbocycles. The third kappa shape index (κ3) is 2.79. The van der Waals surface area contributed by atoms with E-state index in [2.05, 4.69) is 0 Å². The maximum Gasteiger partial charge on any atom is 0.311 e. The predicted octanol–water partition coefficient (Wildman–Crippen LogP) is 2.20. The number of benzene rings is 1. The molecule has 1 amide bonds. The van der Waals surface area contributed by atoms with Crippen molar-refractivity contribution in [1.82, 2.24) is 4.90 Å². The number of hydrogen-bond donors (Lipinski definition) is 1. The number of carbonyl (C=O) groups is 2. The molecule has 0 bridgehead atoms. The fraction of sp³-hybridized carbons (Fsp3) is 0.556. The number of likely N-dealkylation sites (tertiary alicyclic amines) is 1. The number of amides is 1. The molecule has 24 heavy (non-hydrogen) atoms. The zero-order valence-corrected chi connectivity index (χ0v) is 13.8. The number of rotatable bonds is 3. The highest BCUT2D eigenvalue weighted by atomic mass is 19.1. The first-order valence-corrected chi connectivity index (χ1v) is 8.24. The van der Waals surface area contributed by atoms with Gasteiger partial charge in [0.25, 0.3) is 0 Å². The molecular formula is C18H22FNO4. The summed E-state index contributed by atoms with van der Waals surface area (Å²) < 4.78 is 18.7. The minimum atomic E-state index is -0.898. The summed E-state index contributed by atoms with van der Waals surface area (Å²) in [5, 5.41) is 9.39. The van der Waals surface area contributed by atoms with E-state index in [1.807, 2.05) is 0 Å². The molecule has 1 aromatic rings. The van der Waals surface area contributed by atoms with E-state index >= 15 is 0 Å². The van der Waals surface area contributed by atoms with Crippen molar-refractivity contribution in [2.24, 2.45) is 5.41 Å². The number of carboxylic acid groups (broad SMARTS) is 1. The molecule has 0 aromatic heterocycles. The number of carbonyl (C=O) groups excluding carboxylic acids is 1. The van der Waals surface area contributed by atoms with Gasteiger partial charge >= 0.3 is 5.97 Å². The van der Waals surface area contributed by atoms with Crippen molar-refractivity contribution in [1.29, 1.82) is 0 Å². The Morgan fingerprint density at radius 2 is 1.79 bits per heavy atom. The van der Waals surface area contributed by atoms with Crippen LogP contribution in [-0.4, -0.2) is 48.2 Å². The molecule has 0 saturated carbocycles. The number of nitrogens with zero attached hydrogens (tertiary/aromatic N) is 1. The molecule has 0 radical (unpaired) electrons. The number of halogens is 1. The van der Waals surface area contributed by atoms with Crippen LogP contribution in [0.4, 0.5) is 4.39 Å². The first kappa shape index (κ1) is 16.9. The van der Waals surface area contributed by atoms with E-state index in [1.165, 1.54) is 12.1 Å². The lowest BCUT2D eigenvalue weighted by Crippen LogP contribution is -2.50. The van der Waals surface area contributed by atoms with E-state index in [0.29, 0.717) is 39.0 Å². The average Bonchev–Trinajstić information content (AvgIpc) is 2.99. The van der Waals surface area contributed by atoms with E-state index in [9.17, 15) is 19.1 Å². The molecule has 2 saturated heterocycles. The van der Waals surface area contributed by atoms with Crippen LogP contribution in [0.3, 0.4) is 0 Å². The fourth-order valence-corrected chi connectivity index (χ4v) is 3.73. The van der Waals surface area contributed by atoms with Gasteiger partial charge in [0.1, 0.15) is 5.82 Å². The molecule has 1 N–H and O–H groups in total. The van der Waals surface area contributed by atoms with Crippen LogP contribution < -0.4 is 0 Å². The molecule has 5 nitrogen and oxygen atoms in total. The number of ether oxygens (including phenoxy) is 1. The molecule has 6 heteroatoms. The Bertz CT molecular complexity index is 639. The quantitative estimate of drug-likeness (QED) is 0.919. The standard InChI is InChI=1S/C18H22FNO4/c1-17(16(22)23)6-9-20(12-17)15(21)18(7-10-24-11-8-18)13-2-4-14(19)5-3-13/h2-5H,6-12H2,1H3,(H,22,23)/t17-/m1/s1. The minimum absolute atomic E-state index is 0.0672. The van der Waals surface area contributed by atoms with Crippen LogP contribution in [0.5, 0.6) is 0 Å². The van der Waals surface area contributed by atoms with Crippen molar-refractivity contribution in [3.05, 3.63) is 35.6 Å². The van der Waals surface area contributed by atoms with Gasteiger partial charge in [0.2, 0.25) is 5.91 Å². The zero-order chi connectivity index (χ0) is 17.4. The summed E-state index contributed by atoms with van der Waals surface area (Å²) in [5.74, 6) is -1.28. The molecule has 1 aromatic carbocycles. The third-order valence-corrected chi connectivity index (χ3v) is 5.43. The van der Waals surface area contributed by atoms with Crippen molar-refractivity contribution in [3.8, 4) is 0 Å². The third-order valence-electron chi connectivity index (χ3n) is 5.43. The first-order valence-electron chi connectivity index (χ1n) is 8.24. The normalized spacial score (nSPS) is 26.3. The predicted molar refractivity (Wildman–Crippen MR) is 85.1 cm³/mol. The Hall–Kier alpha value is -1.95. The van der Waals surface area contributed by atoms with Crippen LogP contribution >= 0.6 is 0 Å². The Kier molecular flexibility index (Phi) is 4.34. The van der Waals surface area contributed by atoms with Gasteiger partial charge in [-0.2, -0.15) is 0 Å². The maximum atomic E-state index is 13.3. The molecule has 1 atom stereocenters.